The molecule has 0 fully saturated rings. The fourth-order valence-electron chi connectivity index (χ4n) is 5.16. The van der Waals surface area contributed by atoms with E-state index in [4.69, 9.17) is 21.3 Å². The summed E-state index contributed by atoms with van der Waals surface area (Å²) in [5, 5.41) is 4.90. The van der Waals surface area contributed by atoms with Crippen LogP contribution >= 0.6 is 22.9 Å². The molecule has 1 aromatic heterocycles. The van der Waals surface area contributed by atoms with Crippen molar-refractivity contribution >= 4 is 56.5 Å². The lowest BCUT2D eigenvalue weighted by Crippen LogP contribution is -2.40. The Labute approximate surface area is 234 Å². The lowest BCUT2D eigenvalue weighted by molar-refractivity contribution is -0.143. The van der Waals surface area contributed by atoms with Gasteiger partial charge in [0.15, 0.2) is 4.80 Å². The number of nitrogens with zero attached hydrogens (tertiary/aromatic N) is 2. The van der Waals surface area contributed by atoms with Gasteiger partial charge in [0.1, 0.15) is 0 Å². The first-order valence-electron chi connectivity index (χ1n) is 12.7. The second-order valence-corrected chi connectivity index (χ2v) is 11.3. The quantitative estimate of drug-likeness (QED) is 0.198. The second kappa shape index (κ2) is 9.95. The number of hydrogen-bond acceptors (Lipinski definition) is 5. The maximum absolute atomic E-state index is 14.1. The fraction of sp³-hybridized carbons (Fsp3) is 0.156. The third-order valence-electron chi connectivity index (χ3n) is 6.86. The minimum Gasteiger partial charge on any atom is -0.459 e. The Hall–Kier alpha value is -4.00. The Balaban J connectivity index is 1.63. The molecule has 2 heterocycles. The maximum Gasteiger partial charge on any atom is 0.338 e. The molecule has 0 bridgehead atoms. The van der Waals surface area contributed by atoms with E-state index in [2.05, 4.69) is 30.3 Å². The van der Waals surface area contributed by atoms with Crippen molar-refractivity contribution in [1.29, 1.82) is 0 Å². The van der Waals surface area contributed by atoms with Gasteiger partial charge in [-0.15, -0.1) is 0 Å². The van der Waals surface area contributed by atoms with Crippen LogP contribution in [0, 0.1) is 0 Å². The zero-order chi connectivity index (χ0) is 27.3. The SMILES string of the molecule is CC1=C(C(=O)OC(C)C)C(c2ccc(Cl)cc2)n2c(sc(=Cc3c4ccccc4cc4ccccc34)c2=O)=N1. The van der Waals surface area contributed by atoms with Gasteiger partial charge in [-0.1, -0.05) is 83.6 Å². The fourth-order valence-corrected chi connectivity index (χ4v) is 6.31. The predicted molar refractivity (Wildman–Crippen MR) is 158 cm³/mol. The third-order valence-corrected chi connectivity index (χ3v) is 8.09. The van der Waals surface area contributed by atoms with E-state index in [1.54, 1.807) is 37.5 Å². The molecule has 194 valence electrons. The molecule has 1 unspecified atom stereocenters. The highest BCUT2D eigenvalue weighted by Gasteiger charge is 2.33. The highest BCUT2D eigenvalue weighted by atomic mass is 35.5. The summed E-state index contributed by atoms with van der Waals surface area (Å²) in [4.78, 5) is 32.7. The van der Waals surface area contributed by atoms with Crippen molar-refractivity contribution in [2.45, 2.75) is 32.9 Å². The molecule has 1 aliphatic rings. The van der Waals surface area contributed by atoms with Crippen molar-refractivity contribution in [2.75, 3.05) is 0 Å². The molecular weight excluding hydrogens is 528 g/mol. The average molecular weight is 553 g/mol. The molecule has 7 heteroatoms. The number of allylic oxidation sites excluding steroid dienone is 1. The standard InChI is InChI=1S/C32H25ClN2O3S/c1-18(2)38-31(37)28-19(3)34-32-35(29(28)20-12-14-23(33)15-13-20)30(36)27(39-32)17-26-24-10-6-4-8-21(24)16-22-9-5-7-11-25(22)26/h4-18,29H,1-3H3. The van der Waals surface area contributed by atoms with Crippen molar-refractivity contribution in [3.8, 4) is 0 Å². The lowest BCUT2D eigenvalue weighted by Gasteiger charge is -2.25. The summed E-state index contributed by atoms with van der Waals surface area (Å²) >= 11 is 7.50. The van der Waals surface area contributed by atoms with Crippen molar-refractivity contribution in [3.05, 3.63) is 126 Å². The maximum atomic E-state index is 14.1. The van der Waals surface area contributed by atoms with Crippen LogP contribution in [0.25, 0.3) is 27.6 Å². The van der Waals surface area contributed by atoms with Crippen LogP contribution in [-0.2, 0) is 9.53 Å². The molecule has 1 aliphatic heterocycles. The van der Waals surface area contributed by atoms with Crippen LogP contribution < -0.4 is 14.9 Å². The van der Waals surface area contributed by atoms with E-state index in [1.807, 2.05) is 42.5 Å². The molecule has 0 saturated carbocycles. The normalized spacial score (nSPS) is 15.6. The van der Waals surface area contributed by atoms with Crippen molar-refractivity contribution in [3.63, 3.8) is 0 Å². The van der Waals surface area contributed by atoms with Crippen LogP contribution in [0.15, 0.2) is 99.9 Å². The zero-order valence-electron chi connectivity index (χ0n) is 21.6. The summed E-state index contributed by atoms with van der Waals surface area (Å²) < 4.78 is 7.74. The summed E-state index contributed by atoms with van der Waals surface area (Å²) in [6, 6.07) is 25.0. The number of esters is 1. The molecular formula is C32H25ClN2O3S. The largest absolute Gasteiger partial charge is 0.459 e. The van der Waals surface area contributed by atoms with E-state index in [0.29, 0.717) is 25.6 Å². The average Bonchev–Trinajstić information content (AvgIpc) is 3.22. The highest BCUT2D eigenvalue weighted by Crippen LogP contribution is 2.32. The first-order valence-corrected chi connectivity index (χ1v) is 13.9. The van der Waals surface area contributed by atoms with Gasteiger partial charge in [-0.05, 0) is 77.7 Å². The zero-order valence-corrected chi connectivity index (χ0v) is 23.2. The summed E-state index contributed by atoms with van der Waals surface area (Å²) in [6.07, 6.45) is 1.64. The topological polar surface area (TPSA) is 60.7 Å². The lowest BCUT2D eigenvalue weighted by atomic mass is 9.95. The van der Waals surface area contributed by atoms with Gasteiger partial charge < -0.3 is 4.74 Å². The van der Waals surface area contributed by atoms with Crippen LogP contribution in [0.2, 0.25) is 5.02 Å². The summed E-state index contributed by atoms with van der Waals surface area (Å²) in [5.74, 6) is -0.486. The van der Waals surface area contributed by atoms with Gasteiger partial charge in [-0.2, -0.15) is 0 Å². The van der Waals surface area contributed by atoms with Gasteiger partial charge in [0.2, 0.25) is 0 Å². The van der Waals surface area contributed by atoms with Crippen molar-refractivity contribution in [1.82, 2.24) is 4.57 Å². The molecule has 0 radical (unpaired) electrons. The number of hydrogen-bond donors (Lipinski definition) is 0. The number of thiazole rings is 1. The van der Waals surface area contributed by atoms with E-state index >= 15 is 0 Å². The van der Waals surface area contributed by atoms with Crippen LogP contribution in [0.3, 0.4) is 0 Å². The Morgan fingerprint density at radius 1 is 1.00 bits per heavy atom. The predicted octanol–water partition coefficient (Wildman–Crippen LogP) is 6.15. The summed E-state index contributed by atoms with van der Waals surface area (Å²) in [6.45, 7) is 5.39. The van der Waals surface area contributed by atoms with Crippen LogP contribution in [0.5, 0.6) is 0 Å². The van der Waals surface area contributed by atoms with Gasteiger partial charge in [-0.3, -0.25) is 9.36 Å². The number of aromatic nitrogens is 1. The van der Waals surface area contributed by atoms with E-state index in [1.165, 1.54) is 11.3 Å². The monoisotopic (exact) mass is 552 g/mol. The number of benzene rings is 4. The molecule has 5 aromatic rings. The number of fused-ring (bicyclic) bond motifs is 3. The minimum atomic E-state index is -0.684. The Kier molecular flexibility index (Phi) is 6.45. The second-order valence-electron chi connectivity index (χ2n) is 9.82. The van der Waals surface area contributed by atoms with Gasteiger partial charge >= 0.3 is 5.97 Å². The first-order chi connectivity index (χ1) is 18.8. The number of carbonyl (C=O) groups is 1. The Bertz CT molecular complexity index is 1930. The highest BCUT2D eigenvalue weighted by molar-refractivity contribution is 7.07. The van der Waals surface area contributed by atoms with Crippen LogP contribution in [-0.4, -0.2) is 16.6 Å². The molecule has 0 spiro atoms. The minimum absolute atomic E-state index is 0.210. The van der Waals surface area contributed by atoms with E-state index in [-0.39, 0.29) is 11.7 Å². The molecule has 1 atom stereocenters. The molecule has 6 rings (SSSR count). The third kappa shape index (κ3) is 4.50. The molecule has 0 aliphatic carbocycles. The smallest absolute Gasteiger partial charge is 0.338 e. The molecule has 0 saturated heterocycles. The number of rotatable bonds is 4. The Morgan fingerprint density at radius 3 is 2.23 bits per heavy atom. The number of halogens is 1. The van der Waals surface area contributed by atoms with Crippen LogP contribution in [0.1, 0.15) is 37.9 Å². The van der Waals surface area contributed by atoms with Gasteiger partial charge in [0, 0.05) is 5.02 Å². The summed E-state index contributed by atoms with van der Waals surface area (Å²) in [7, 11) is 0. The first kappa shape index (κ1) is 25.3. The van der Waals surface area contributed by atoms with E-state index in [9.17, 15) is 9.59 Å². The molecule has 0 amide bonds. The van der Waals surface area contributed by atoms with Crippen molar-refractivity contribution < 1.29 is 9.53 Å². The molecule has 39 heavy (non-hydrogen) atoms. The molecule has 0 N–H and O–H groups in total. The van der Waals surface area contributed by atoms with E-state index in [0.717, 1.165) is 32.7 Å². The Morgan fingerprint density at radius 2 is 1.62 bits per heavy atom. The van der Waals surface area contributed by atoms with E-state index < -0.39 is 12.0 Å². The summed E-state index contributed by atoms with van der Waals surface area (Å²) in [5.41, 5.74) is 2.41. The number of carbonyl (C=O) groups excluding carboxylic acids is 1. The van der Waals surface area contributed by atoms with Crippen molar-refractivity contribution in [2.24, 2.45) is 4.99 Å². The molecule has 4 aromatic carbocycles. The molecule has 5 nitrogen and oxygen atoms in total. The van der Waals surface area contributed by atoms with Gasteiger partial charge in [-0.25, -0.2) is 9.79 Å². The van der Waals surface area contributed by atoms with Gasteiger partial charge in [0.05, 0.1) is 27.9 Å². The van der Waals surface area contributed by atoms with Gasteiger partial charge in [0.25, 0.3) is 5.56 Å². The number of ether oxygens (including phenoxy) is 1. The van der Waals surface area contributed by atoms with Crippen LogP contribution in [0.4, 0.5) is 0 Å².